The molecule has 1 aromatic carbocycles. The maximum atomic E-state index is 11.6. The molecule has 0 aliphatic heterocycles. The first-order valence-electron chi connectivity index (χ1n) is 6.40. The van der Waals surface area contributed by atoms with Crippen molar-refractivity contribution in [2.75, 3.05) is 12.3 Å². The topological polar surface area (TPSA) is 96.7 Å². The SMILES string of the molecule is Nc1ccc(/C=C/C(=O)NCCCc2ncn[nH]2)cc1. The molecule has 4 N–H and O–H groups in total. The second kappa shape index (κ2) is 7.08. The molecule has 0 saturated carbocycles. The molecule has 0 saturated heterocycles. The number of nitrogens with one attached hydrogen (secondary N) is 2. The van der Waals surface area contributed by atoms with Gasteiger partial charge in [-0.25, -0.2) is 4.98 Å². The third-order valence-corrected chi connectivity index (χ3v) is 2.72. The van der Waals surface area contributed by atoms with Crippen molar-refractivity contribution in [3.8, 4) is 0 Å². The molecular formula is C14H17N5O. The smallest absolute Gasteiger partial charge is 0.243 e. The first kappa shape index (κ1) is 13.8. The van der Waals surface area contributed by atoms with Gasteiger partial charge in [-0.05, 0) is 30.2 Å². The first-order valence-corrected chi connectivity index (χ1v) is 6.40. The number of aromatic amines is 1. The van der Waals surface area contributed by atoms with E-state index in [9.17, 15) is 4.79 Å². The van der Waals surface area contributed by atoms with Crippen LogP contribution in [0.5, 0.6) is 0 Å². The zero-order valence-electron chi connectivity index (χ0n) is 11.0. The van der Waals surface area contributed by atoms with Gasteiger partial charge in [-0.15, -0.1) is 0 Å². The summed E-state index contributed by atoms with van der Waals surface area (Å²) in [7, 11) is 0. The highest BCUT2D eigenvalue weighted by atomic mass is 16.1. The standard InChI is InChI=1S/C14H17N5O/c15-12-6-3-11(4-7-12)5-8-14(20)16-9-1-2-13-17-10-18-19-13/h3-8,10H,1-2,9,15H2,(H,16,20)(H,17,18,19)/b8-5+. The Morgan fingerprint density at radius 2 is 2.15 bits per heavy atom. The maximum absolute atomic E-state index is 11.6. The number of anilines is 1. The first-order chi connectivity index (χ1) is 9.74. The Morgan fingerprint density at radius 3 is 2.85 bits per heavy atom. The lowest BCUT2D eigenvalue weighted by Gasteiger charge is -2.00. The Bertz CT molecular complexity index is 560. The third kappa shape index (κ3) is 4.56. The number of hydrogen-bond acceptors (Lipinski definition) is 4. The summed E-state index contributed by atoms with van der Waals surface area (Å²) in [6.07, 6.45) is 6.33. The molecule has 1 aromatic heterocycles. The van der Waals surface area contributed by atoms with Gasteiger partial charge in [0.05, 0.1) is 0 Å². The van der Waals surface area contributed by atoms with Crippen molar-refractivity contribution < 1.29 is 4.79 Å². The lowest BCUT2D eigenvalue weighted by molar-refractivity contribution is -0.116. The lowest BCUT2D eigenvalue weighted by Crippen LogP contribution is -2.22. The largest absolute Gasteiger partial charge is 0.399 e. The van der Waals surface area contributed by atoms with Crippen LogP contribution < -0.4 is 11.1 Å². The average molecular weight is 271 g/mol. The van der Waals surface area contributed by atoms with E-state index in [-0.39, 0.29) is 5.91 Å². The monoisotopic (exact) mass is 271 g/mol. The summed E-state index contributed by atoms with van der Waals surface area (Å²) in [6, 6.07) is 7.33. The Kier molecular flexibility index (Phi) is 4.88. The molecule has 0 aliphatic carbocycles. The minimum absolute atomic E-state index is 0.112. The van der Waals surface area contributed by atoms with E-state index in [4.69, 9.17) is 5.73 Å². The van der Waals surface area contributed by atoms with Crippen LogP contribution in [0.15, 0.2) is 36.7 Å². The maximum Gasteiger partial charge on any atom is 0.243 e. The van der Waals surface area contributed by atoms with Crippen LogP contribution in [0, 0.1) is 0 Å². The molecule has 2 rings (SSSR count). The molecule has 0 unspecified atom stereocenters. The summed E-state index contributed by atoms with van der Waals surface area (Å²) in [4.78, 5) is 15.6. The van der Waals surface area contributed by atoms with Crippen LogP contribution in [0.1, 0.15) is 17.8 Å². The van der Waals surface area contributed by atoms with Gasteiger partial charge in [0, 0.05) is 24.7 Å². The van der Waals surface area contributed by atoms with E-state index < -0.39 is 0 Å². The number of carbonyl (C=O) groups is 1. The number of hydrogen-bond donors (Lipinski definition) is 3. The Morgan fingerprint density at radius 1 is 1.35 bits per heavy atom. The molecule has 2 aromatic rings. The van der Waals surface area contributed by atoms with Crippen LogP contribution in [-0.4, -0.2) is 27.6 Å². The number of benzene rings is 1. The van der Waals surface area contributed by atoms with Crippen LogP contribution in [0.4, 0.5) is 5.69 Å². The summed E-state index contributed by atoms with van der Waals surface area (Å²) >= 11 is 0. The van der Waals surface area contributed by atoms with Gasteiger partial charge in [-0.1, -0.05) is 12.1 Å². The molecule has 0 atom stereocenters. The van der Waals surface area contributed by atoms with Crippen LogP contribution in [0.2, 0.25) is 0 Å². The van der Waals surface area contributed by atoms with E-state index in [0.29, 0.717) is 12.2 Å². The predicted octanol–water partition coefficient (Wildman–Crippen LogP) is 1.15. The number of rotatable bonds is 6. The molecule has 0 bridgehead atoms. The summed E-state index contributed by atoms with van der Waals surface area (Å²) < 4.78 is 0. The molecule has 6 nitrogen and oxygen atoms in total. The van der Waals surface area contributed by atoms with Crippen LogP contribution >= 0.6 is 0 Å². The minimum atomic E-state index is -0.112. The van der Waals surface area contributed by atoms with Gasteiger partial charge in [0.25, 0.3) is 0 Å². The van der Waals surface area contributed by atoms with Crippen molar-refractivity contribution in [3.05, 3.63) is 48.1 Å². The van der Waals surface area contributed by atoms with Crippen molar-refractivity contribution in [2.24, 2.45) is 0 Å². The Balaban J connectivity index is 1.68. The van der Waals surface area contributed by atoms with Crippen molar-refractivity contribution in [3.63, 3.8) is 0 Å². The fourth-order valence-electron chi connectivity index (χ4n) is 1.66. The molecule has 104 valence electrons. The highest BCUT2D eigenvalue weighted by molar-refractivity contribution is 5.91. The minimum Gasteiger partial charge on any atom is -0.399 e. The molecule has 6 heteroatoms. The molecule has 1 amide bonds. The summed E-state index contributed by atoms with van der Waals surface area (Å²) in [5, 5.41) is 9.35. The van der Waals surface area contributed by atoms with E-state index in [1.807, 2.05) is 12.1 Å². The molecule has 0 radical (unpaired) electrons. The number of H-pyrrole nitrogens is 1. The van der Waals surface area contributed by atoms with Gasteiger partial charge in [-0.3, -0.25) is 9.89 Å². The van der Waals surface area contributed by atoms with E-state index in [1.54, 1.807) is 18.2 Å². The second-order valence-electron chi connectivity index (χ2n) is 4.33. The third-order valence-electron chi connectivity index (χ3n) is 2.72. The van der Waals surface area contributed by atoms with Crippen LogP contribution in [-0.2, 0) is 11.2 Å². The quantitative estimate of drug-likeness (QED) is 0.417. The van der Waals surface area contributed by atoms with Crippen molar-refractivity contribution >= 4 is 17.7 Å². The summed E-state index contributed by atoms with van der Waals surface area (Å²) in [6.45, 7) is 0.603. The molecule has 1 heterocycles. The number of amides is 1. The summed E-state index contributed by atoms with van der Waals surface area (Å²) in [5.74, 6) is 0.719. The molecule has 0 spiro atoms. The van der Waals surface area contributed by atoms with Gasteiger partial charge in [0.2, 0.25) is 5.91 Å². The van der Waals surface area contributed by atoms with Crippen LogP contribution in [0.3, 0.4) is 0 Å². The van der Waals surface area contributed by atoms with Gasteiger partial charge >= 0.3 is 0 Å². The fraction of sp³-hybridized carbons (Fsp3) is 0.214. The van der Waals surface area contributed by atoms with E-state index in [2.05, 4.69) is 20.5 Å². The predicted molar refractivity (Wildman–Crippen MR) is 77.6 cm³/mol. The second-order valence-corrected chi connectivity index (χ2v) is 4.33. The molecule has 20 heavy (non-hydrogen) atoms. The van der Waals surface area contributed by atoms with E-state index in [1.165, 1.54) is 12.4 Å². The van der Waals surface area contributed by atoms with E-state index >= 15 is 0 Å². The Labute approximate surface area is 117 Å². The van der Waals surface area contributed by atoms with Crippen molar-refractivity contribution in [2.45, 2.75) is 12.8 Å². The number of aryl methyl sites for hydroxylation is 1. The number of aromatic nitrogens is 3. The van der Waals surface area contributed by atoms with Gasteiger partial charge in [0.1, 0.15) is 12.2 Å². The normalized spacial score (nSPS) is 10.8. The number of nitrogens with zero attached hydrogens (tertiary/aromatic N) is 2. The van der Waals surface area contributed by atoms with Crippen molar-refractivity contribution in [1.29, 1.82) is 0 Å². The van der Waals surface area contributed by atoms with Gasteiger partial charge in [-0.2, -0.15) is 5.10 Å². The highest BCUT2D eigenvalue weighted by Crippen LogP contribution is 2.06. The van der Waals surface area contributed by atoms with E-state index in [0.717, 1.165) is 24.2 Å². The molecule has 0 fully saturated rings. The number of carbonyl (C=O) groups excluding carboxylic acids is 1. The van der Waals surface area contributed by atoms with Gasteiger partial charge < -0.3 is 11.1 Å². The number of nitrogen functional groups attached to an aromatic ring is 1. The molecule has 0 aliphatic rings. The van der Waals surface area contributed by atoms with Gasteiger partial charge in [0.15, 0.2) is 0 Å². The van der Waals surface area contributed by atoms with Crippen LogP contribution in [0.25, 0.3) is 6.08 Å². The number of nitrogens with two attached hydrogens (primary N) is 1. The zero-order chi connectivity index (χ0) is 14.2. The fourth-order valence-corrected chi connectivity index (χ4v) is 1.66. The average Bonchev–Trinajstić information content (AvgIpc) is 2.96. The van der Waals surface area contributed by atoms with Crippen molar-refractivity contribution in [1.82, 2.24) is 20.5 Å². The molecular weight excluding hydrogens is 254 g/mol. The zero-order valence-corrected chi connectivity index (χ0v) is 11.0. The Hall–Kier alpha value is -2.63. The highest BCUT2D eigenvalue weighted by Gasteiger charge is 1.98. The lowest BCUT2D eigenvalue weighted by atomic mass is 10.2. The summed E-state index contributed by atoms with van der Waals surface area (Å²) in [5.41, 5.74) is 7.24.